The molecule has 0 radical (unpaired) electrons. The summed E-state index contributed by atoms with van der Waals surface area (Å²) in [6.45, 7) is 2.65. The number of hydrogen-bond donors (Lipinski definition) is 2. The van der Waals surface area contributed by atoms with Crippen LogP contribution in [0.25, 0.3) is 10.8 Å². The number of aromatic nitrogens is 3. The summed E-state index contributed by atoms with van der Waals surface area (Å²) in [6.07, 6.45) is 3.82. The van der Waals surface area contributed by atoms with Gasteiger partial charge in [0.15, 0.2) is 0 Å². The van der Waals surface area contributed by atoms with Gasteiger partial charge >= 0.3 is 7.60 Å². The summed E-state index contributed by atoms with van der Waals surface area (Å²) in [5.74, 6) is 1.30. The number of pyridine rings is 1. The van der Waals surface area contributed by atoms with Crippen molar-refractivity contribution < 1.29 is 19.1 Å². The molecule has 0 bridgehead atoms. The van der Waals surface area contributed by atoms with Crippen molar-refractivity contribution in [2.45, 2.75) is 25.8 Å². The van der Waals surface area contributed by atoms with Crippen molar-refractivity contribution in [1.29, 1.82) is 0 Å². The average molecular weight is 439 g/mol. The van der Waals surface area contributed by atoms with Crippen molar-refractivity contribution in [2.24, 2.45) is 5.92 Å². The maximum Gasteiger partial charge on any atom is 0.325 e. The molecule has 1 aliphatic rings. The molecular formula is C19H30N5O5P. The predicted octanol–water partition coefficient (Wildman–Crippen LogP) is 1.15. The van der Waals surface area contributed by atoms with Gasteiger partial charge in [-0.15, -0.1) is 0 Å². The highest BCUT2D eigenvalue weighted by Gasteiger charge is 2.24. The molecule has 3 heterocycles. The fraction of sp³-hybridized carbons (Fsp3) is 0.632. The first kappa shape index (κ1) is 22.7. The summed E-state index contributed by atoms with van der Waals surface area (Å²) in [5.41, 5.74) is -0.221. The van der Waals surface area contributed by atoms with Gasteiger partial charge in [0.25, 0.3) is 5.56 Å². The number of likely N-dealkylation sites (N-methyl/N-ethyl adjacent to an activating group) is 1. The summed E-state index contributed by atoms with van der Waals surface area (Å²) < 4.78 is 18.0. The van der Waals surface area contributed by atoms with Crippen LogP contribution in [0.2, 0.25) is 0 Å². The fourth-order valence-corrected chi connectivity index (χ4v) is 4.42. The van der Waals surface area contributed by atoms with Crippen molar-refractivity contribution in [3.63, 3.8) is 0 Å². The highest BCUT2D eigenvalue weighted by molar-refractivity contribution is 7.51. The molecule has 2 N–H and O–H groups in total. The number of fused-ring (bicyclic) bond motifs is 1. The zero-order valence-electron chi connectivity index (χ0n) is 17.7. The van der Waals surface area contributed by atoms with Gasteiger partial charge in [0.05, 0.1) is 26.0 Å². The Kier molecular flexibility index (Phi) is 7.13. The Morgan fingerprint density at radius 3 is 2.60 bits per heavy atom. The van der Waals surface area contributed by atoms with E-state index in [1.807, 2.05) is 25.1 Å². The van der Waals surface area contributed by atoms with Gasteiger partial charge in [0.1, 0.15) is 11.2 Å². The molecule has 30 heavy (non-hydrogen) atoms. The molecule has 0 spiro atoms. The first-order valence-corrected chi connectivity index (χ1v) is 11.9. The molecule has 1 fully saturated rings. The second-order valence-corrected chi connectivity index (χ2v) is 9.81. The number of hydrogen-bond acceptors (Lipinski definition) is 7. The van der Waals surface area contributed by atoms with Crippen LogP contribution in [0.5, 0.6) is 5.88 Å². The summed E-state index contributed by atoms with van der Waals surface area (Å²) >= 11 is 0. The third kappa shape index (κ3) is 5.57. The second kappa shape index (κ2) is 9.43. The standard InChI is InChI=1S/C19H30N5O5P/c1-22(2)9-10-24-19(25)17-15(13-20-24)12-16(21-18(17)29-3)23-7-4-14(5-8-23)6-11-30(26,27)28/h12-14H,4-11H2,1-3H3,(H2,26,27,28). The summed E-state index contributed by atoms with van der Waals surface area (Å²) in [6, 6.07) is 1.86. The summed E-state index contributed by atoms with van der Waals surface area (Å²) in [4.78, 5) is 39.7. The van der Waals surface area contributed by atoms with E-state index >= 15 is 0 Å². The first-order chi connectivity index (χ1) is 14.2. The number of rotatable bonds is 8. The lowest BCUT2D eigenvalue weighted by molar-refractivity contribution is 0.349. The molecule has 11 heteroatoms. The van der Waals surface area contributed by atoms with Gasteiger partial charge < -0.3 is 24.3 Å². The lowest BCUT2D eigenvalue weighted by atomic mass is 9.94. The van der Waals surface area contributed by atoms with Crippen LogP contribution in [0.1, 0.15) is 19.3 Å². The molecule has 1 aliphatic heterocycles. The molecule has 0 amide bonds. The molecule has 3 rings (SSSR count). The molecular weight excluding hydrogens is 409 g/mol. The van der Waals surface area contributed by atoms with Gasteiger partial charge in [0.2, 0.25) is 5.88 Å². The van der Waals surface area contributed by atoms with Crippen molar-refractivity contribution in [3.8, 4) is 5.88 Å². The number of methoxy groups -OCH3 is 1. The lowest BCUT2D eigenvalue weighted by Crippen LogP contribution is -2.34. The SMILES string of the molecule is COc1nc(N2CCC(CCP(=O)(O)O)CC2)cc2cnn(CCN(C)C)c(=O)c12. The van der Waals surface area contributed by atoms with Crippen molar-refractivity contribution in [1.82, 2.24) is 19.7 Å². The quantitative estimate of drug-likeness (QED) is 0.583. The maximum atomic E-state index is 12.9. The molecule has 0 saturated carbocycles. The van der Waals surface area contributed by atoms with Crippen molar-refractivity contribution in [2.75, 3.05) is 51.9 Å². The molecule has 0 atom stereocenters. The third-order valence-corrected chi connectivity index (χ3v) is 6.35. The number of nitrogens with zero attached hydrogens (tertiary/aromatic N) is 5. The Hall–Kier alpha value is -2.00. The Morgan fingerprint density at radius 1 is 1.30 bits per heavy atom. The third-order valence-electron chi connectivity index (χ3n) is 5.51. The van der Waals surface area contributed by atoms with E-state index in [9.17, 15) is 9.36 Å². The van der Waals surface area contributed by atoms with Crippen molar-refractivity contribution >= 4 is 24.2 Å². The maximum absolute atomic E-state index is 12.9. The topological polar surface area (TPSA) is 121 Å². The van der Waals surface area contributed by atoms with E-state index in [1.165, 1.54) is 11.8 Å². The van der Waals surface area contributed by atoms with Crippen LogP contribution >= 0.6 is 7.60 Å². The second-order valence-electron chi connectivity index (χ2n) is 8.04. The molecule has 0 aliphatic carbocycles. The van der Waals surface area contributed by atoms with E-state index in [-0.39, 0.29) is 17.6 Å². The van der Waals surface area contributed by atoms with Crippen LogP contribution in [0.4, 0.5) is 5.82 Å². The molecule has 2 aromatic heterocycles. The van der Waals surface area contributed by atoms with Gasteiger partial charge in [-0.05, 0) is 45.3 Å². The normalized spacial score (nSPS) is 15.9. The Bertz CT molecular complexity index is 981. The molecule has 10 nitrogen and oxygen atoms in total. The molecule has 166 valence electrons. The van der Waals surface area contributed by atoms with Crippen LogP contribution in [0.3, 0.4) is 0 Å². The number of ether oxygens (including phenoxy) is 1. The Balaban J connectivity index is 1.79. The van der Waals surface area contributed by atoms with E-state index in [0.29, 0.717) is 36.2 Å². The highest BCUT2D eigenvalue weighted by atomic mass is 31.2. The van der Waals surface area contributed by atoms with Crippen LogP contribution < -0.4 is 15.2 Å². The van der Waals surface area contributed by atoms with E-state index in [2.05, 4.69) is 15.0 Å². The minimum absolute atomic E-state index is 0.0640. The lowest BCUT2D eigenvalue weighted by Gasteiger charge is -2.33. The average Bonchev–Trinajstić information content (AvgIpc) is 2.70. The van der Waals surface area contributed by atoms with Crippen LogP contribution in [-0.2, 0) is 11.1 Å². The minimum atomic E-state index is -3.95. The Morgan fingerprint density at radius 2 is 2.00 bits per heavy atom. The van der Waals surface area contributed by atoms with Crippen LogP contribution in [0, 0.1) is 5.92 Å². The Labute approximate surface area is 175 Å². The summed E-state index contributed by atoms with van der Waals surface area (Å²) in [7, 11) is 1.44. The molecule has 1 saturated heterocycles. The molecule has 2 aromatic rings. The first-order valence-electron chi connectivity index (χ1n) is 10.1. The monoisotopic (exact) mass is 439 g/mol. The van der Waals surface area contributed by atoms with Gasteiger partial charge in [-0.2, -0.15) is 10.1 Å². The van der Waals surface area contributed by atoms with Gasteiger partial charge in [-0.25, -0.2) is 4.68 Å². The van der Waals surface area contributed by atoms with Crippen molar-refractivity contribution in [3.05, 3.63) is 22.6 Å². The fourth-order valence-electron chi connectivity index (χ4n) is 3.72. The zero-order chi connectivity index (χ0) is 21.9. The van der Waals surface area contributed by atoms with Crippen LogP contribution in [0.15, 0.2) is 17.1 Å². The van der Waals surface area contributed by atoms with E-state index < -0.39 is 7.60 Å². The van der Waals surface area contributed by atoms with Crippen LogP contribution in [-0.4, -0.2) is 76.5 Å². The predicted molar refractivity (Wildman–Crippen MR) is 115 cm³/mol. The largest absolute Gasteiger partial charge is 0.480 e. The number of anilines is 1. The van der Waals surface area contributed by atoms with E-state index in [0.717, 1.165) is 31.7 Å². The minimum Gasteiger partial charge on any atom is -0.480 e. The van der Waals surface area contributed by atoms with E-state index in [1.54, 1.807) is 6.20 Å². The smallest absolute Gasteiger partial charge is 0.325 e. The molecule has 0 aromatic carbocycles. The highest BCUT2D eigenvalue weighted by Crippen LogP contribution is 2.38. The van der Waals surface area contributed by atoms with E-state index in [4.69, 9.17) is 14.5 Å². The number of piperidine rings is 1. The van der Waals surface area contributed by atoms with Gasteiger partial charge in [0, 0.05) is 25.0 Å². The van der Waals surface area contributed by atoms with Gasteiger partial charge in [-0.1, -0.05) is 0 Å². The van der Waals surface area contributed by atoms with Gasteiger partial charge in [-0.3, -0.25) is 9.36 Å². The molecule has 0 unspecified atom stereocenters. The zero-order valence-corrected chi connectivity index (χ0v) is 18.6. The summed E-state index contributed by atoms with van der Waals surface area (Å²) in [5, 5.41) is 5.41.